The number of aryl methyl sites for hydroxylation is 1. The fourth-order valence-electron chi connectivity index (χ4n) is 1.28. The third-order valence-corrected chi connectivity index (χ3v) is 3.02. The second-order valence-corrected chi connectivity index (χ2v) is 4.10. The van der Waals surface area contributed by atoms with Gasteiger partial charge in [-0.3, -0.25) is 0 Å². The van der Waals surface area contributed by atoms with Gasteiger partial charge >= 0.3 is 5.97 Å². The van der Waals surface area contributed by atoms with Gasteiger partial charge in [-0.25, -0.2) is 9.74 Å². The molecule has 0 saturated carbocycles. The van der Waals surface area contributed by atoms with Crippen molar-refractivity contribution in [2.45, 2.75) is 6.92 Å². The molecular weight excluding hydrogens is 203 g/mol. The topological polar surface area (TPSA) is 26.3 Å². The fourth-order valence-corrected chi connectivity index (χ4v) is 2.30. The van der Waals surface area contributed by atoms with E-state index in [1.807, 2.05) is 25.1 Å². The molecule has 2 aromatic rings. The van der Waals surface area contributed by atoms with Crippen molar-refractivity contribution in [1.29, 1.82) is 0 Å². The van der Waals surface area contributed by atoms with Crippen LogP contribution >= 0.6 is 11.3 Å². The molecule has 0 aliphatic carbocycles. The smallest absolute Gasteiger partial charge is 0.248 e. The maximum Gasteiger partial charge on any atom is 0.389 e. The SMILES string of the molecule is Cc1ccc2cc(C(=O)OF)sc2c1. The van der Waals surface area contributed by atoms with Crippen LogP contribution in [-0.2, 0) is 4.94 Å². The van der Waals surface area contributed by atoms with E-state index >= 15 is 0 Å². The Morgan fingerprint density at radius 1 is 1.43 bits per heavy atom. The van der Waals surface area contributed by atoms with Crippen molar-refractivity contribution in [3.8, 4) is 0 Å². The molecule has 1 aromatic heterocycles. The summed E-state index contributed by atoms with van der Waals surface area (Å²) in [6, 6.07) is 7.42. The first-order valence-electron chi connectivity index (χ1n) is 4.04. The molecule has 0 amide bonds. The molecule has 4 heteroatoms. The predicted molar refractivity (Wildman–Crippen MR) is 53.1 cm³/mol. The van der Waals surface area contributed by atoms with Crippen molar-refractivity contribution in [2.75, 3.05) is 0 Å². The molecule has 1 heterocycles. The van der Waals surface area contributed by atoms with Gasteiger partial charge in [-0.1, -0.05) is 12.1 Å². The number of hydrogen-bond donors (Lipinski definition) is 0. The molecule has 0 fully saturated rings. The monoisotopic (exact) mass is 210 g/mol. The van der Waals surface area contributed by atoms with Gasteiger partial charge in [-0.15, -0.1) is 11.3 Å². The largest absolute Gasteiger partial charge is 0.389 e. The van der Waals surface area contributed by atoms with Crippen LogP contribution in [0.5, 0.6) is 0 Å². The van der Waals surface area contributed by atoms with Gasteiger partial charge in [0.25, 0.3) is 0 Å². The number of hydrogen-bond acceptors (Lipinski definition) is 3. The Morgan fingerprint density at radius 3 is 2.93 bits per heavy atom. The molecule has 2 nitrogen and oxygen atoms in total. The molecule has 0 aliphatic rings. The summed E-state index contributed by atoms with van der Waals surface area (Å²) in [7, 11) is 0. The summed E-state index contributed by atoms with van der Waals surface area (Å²) in [4.78, 5) is 14.3. The Labute approximate surface area is 83.8 Å². The van der Waals surface area contributed by atoms with E-state index in [1.54, 1.807) is 6.07 Å². The zero-order valence-corrected chi connectivity index (χ0v) is 8.23. The Hall–Kier alpha value is -1.42. The third kappa shape index (κ3) is 1.48. The minimum Gasteiger partial charge on any atom is -0.248 e. The molecule has 0 spiro atoms. The first kappa shape index (κ1) is 9.15. The number of carbonyl (C=O) groups is 1. The van der Waals surface area contributed by atoms with Gasteiger partial charge in [-0.05, 0) is 30.0 Å². The normalized spacial score (nSPS) is 10.4. The third-order valence-electron chi connectivity index (χ3n) is 1.95. The van der Waals surface area contributed by atoms with Gasteiger partial charge in [0.05, 0.1) is 0 Å². The Balaban J connectivity index is 2.56. The average molecular weight is 210 g/mol. The maximum atomic E-state index is 11.6. The number of thiophene rings is 1. The van der Waals surface area contributed by atoms with E-state index in [0.29, 0.717) is 0 Å². The van der Waals surface area contributed by atoms with Gasteiger partial charge in [0.1, 0.15) is 4.88 Å². The van der Waals surface area contributed by atoms with Gasteiger partial charge < -0.3 is 0 Å². The second-order valence-electron chi connectivity index (χ2n) is 3.02. The Morgan fingerprint density at radius 2 is 2.21 bits per heavy atom. The van der Waals surface area contributed by atoms with Crippen molar-refractivity contribution in [2.24, 2.45) is 0 Å². The van der Waals surface area contributed by atoms with E-state index < -0.39 is 5.97 Å². The minimum absolute atomic E-state index is 0.285. The summed E-state index contributed by atoms with van der Waals surface area (Å²) in [5, 5.41) is 0.931. The molecule has 0 radical (unpaired) electrons. The molecule has 0 N–H and O–H groups in total. The molecule has 0 bridgehead atoms. The van der Waals surface area contributed by atoms with Crippen LogP contribution in [0.2, 0.25) is 0 Å². The van der Waals surface area contributed by atoms with Crippen LogP contribution in [0.25, 0.3) is 10.1 Å². The molecule has 1 aromatic carbocycles. The van der Waals surface area contributed by atoms with Crippen LogP contribution in [0, 0.1) is 6.92 Å². The van der Waals surface area contributed by atoms with Gasteiger partial charge in [0.2, 0.25) is 0 Å². The first-order valence-corrected chi connectivity index (χ1v) is 4.85. The Kier molecular flexibility index (Phi) is 2.21. The zero-order valence-electron chi connectivity index (χ0n) is 7.41. The van der Waals surface area contributed by atoms with E-state index in [2.05, 4.69) is 4.94 Å². The lowest BCUT2D eigenvalue weighted by Crippen LogP contribution is -1.93. The molecule has 72 valence electrons. The summed E-state index contributed by atoms with van der Waals surface area (Å²) in [5.74, 6) is -0.927. The van der Waals surface area contributed by atoms with Crippen molar-refractivity contribution in [3.05, 3.63) is 34.7 Å². The van der Waals surface area contributed by atoms with Crippen molar-refractivity contribution in [1.82, 2.24) is 0 Å². The summed E-state index contributed by atoms with van der Waals surface area (Å²) >= 11 is 1.23. The number of carbonyl (C=O) groups excluding carboxylic acids is 1. The molecule has 2 rings (SSSR count). The van der Waals surface area contributed by atoms with Crippen molar-refractivity contribution < 1.29 is 14.3 Å². The number of rotatable bonds is 1. The van der Waals surface area contributed by atoms with E-state index in [4.69, 9.17) is 0 Å². The Bertz CT molecular complexity index is 490. The highest BCUT2D eigenvalue weighted by atomic mass is 32.1. The highest BCUT2D eigenvalue weighted by molar-refractivity contribution is 7.20. The summed E-state index contributed by atoms with van der Waals surface area (Å²) in [6.07, 6.45) is 0. The highest BCUT2D eigenvalue weighted by Crippen LogP contribution is 2.26. The lowest BCUT2D eigenvalue weighted by Gasteiger charge is -1.89. The van der Waals surface area contributed by atoms with Crippen LogP contribution in [-0.4, -0.2) is 5.97 Å². The van der Waals surface area contributed by atoms with E-state index in [0.717, 1.165) is 15.6 Å². The average Bonchev–Trinajstić information content (AvgIpc) is 2.59. The van der Waals surface area contributed by atoms with Crippen LogP contribution in [0.3, 0.4) is 0 Å². The predicted octanol–water partition coefficient (Wildman–Crippen LogP) is 3.25. The maximum absolute atomic E-state index is 11.6. The molecule has 0 saturated heterocycles. The lowest BCUT2D eigenvalue weighted by molar-refractivity contribution is -0.0783. The minimum atomic E-state index is -0.927. The summed E-state index contributed by atoms with van der Waals surface area (Å²) < 4.78 is 12.6. The van der Waals surface area contributed by atoms with Crippen molar-refractivity contribution in [3.63, 3.8) is 0 Å². The second kappa shape index (κ2) is 3.38. The van der Waals surface area contributed by atoms with Crippen LogP contribution in [0.15, 0.2) is 24.3 Å². The highest BCUT2D eigenvalue weighted by Gasteiger charge is 2.11. The standard InChI is InChI=1S/C10H7FO2S/c1-6-2-3-7-5-9(10(12)13-11)14-8(7)4-6/h2-5H,1H3. The zero-order chi connectivity index (χ0) is 10.1. The number of fused-ring (bicyclic) bond motifs is 1. The van der Waals surface area contributed by atoms with Gasteiger partial charge in [0.15, 0.2) is 0 Å². The molecule has 0 aliphatic heterocycles. The van der Waals surface area contributed by atoms with Crippen LogP contribution in [0.1, 0.15) is 15.2 Å². The summed E-state index contributed by atoms with van der Waals surface area (Å²) in [5.41, 5.74) is 1.11. The molecule has 14 heavy (non-hydrogen) atoms. The van der Waals surface area contributed by atoms with Gasteiger partial charge in [-0.2, -0.15) is 0 Å². The van der Waals surface area contributed by atoms with E-state index in [-0.39, 0.29) is 4.88 Å². The van der Waals surface area contributed by atoms with Crippen LogP contribution < -0.4 is 0 Å². The summed E-state index contributed by atoms with van der Waals surface area (Å²) in [6.45, 7) is 1.96. The van der Waals surface area contributed by atoms with Crippen molar-refractivity contribution >= 4 is 27.4 Å². The van der Waals surface area contributed by atoms with Crippen LogP contribution in [0.4, 0.5) is 4.53 Å². The molecular formula is C10H7FO2S. The lowest BCUT2D eigenvalue weighted by atomic mass is 10.2. The number of benzene rings is 1. The van der Waals surface area contributed by atoms with Gasteiger partial charge in [0, 0.05) is 9.23 Å². The fraction of sp³-hybridized carbons (Fsp3) is 0.100. The van der Waals surface area contributed by atoms with E-state index in [1.165, 1.54) is 11.3 Å². The first-order chi connectivity index (χ1) is 6.70. The molecule has 0 unspecified atom stereocenters. The van der Waals surface area contributed by atoms with E-state index in [9.17, 15) is 9.32 Å². The number of halogens is 1. The molecule has 0 atom stereocenters. The quantitative estimate of drug-likeness (QED) is 0.722.